The maximum absolute atomic E-state index is 8.17. The summed E-state index contributed by atoms with van der Waals surface area (Å²) in [5.41, 5.74) is 12.7. The average Bonchev–Trinajstić information content (AvgIpc) is 2.07. The highest BCUT2D eigenvalue weighted by Crippen LogP contribution is 2.14. The van der Waals surface area contributed by atoms with Gasteiger partial charge in [-0.25, -0.2) is 0 Å². The van der Waals surface area contributed by atoms with Crippen LogP contribution in [0.2, 0.25) is 0 Å². The van der Waals surface area contributed by atoms with Crippen molar-refractivity contribution in [2.75, 3.05) is 11.5 Å². The fraction of sp³-hybridized carbons (Fsp3) is 0. The van der Waals surface area contributed by atoms with Crippen LogP contribution in [0, 0.1) is 23.2 Å². The molecule has 0 saturated heterocycles. The van der Waals surface area contributed by atoms with Crippen molar-refractivity contribution < 1.29 is 0 Å². The first-order valence-electron chi connectivity index (χ1n) is 3.29. The lowest BCUT2D eigenvalue weighted by Gasteiger charge is -1.98. The van der Waals surface area contributed by atoms with Gasteiger partial charge in [0.1, 0.15) is 0 Å². The van der Waals surface area contributed by atoms with Gasteiger partial charge in [0, 0.05) is 11.5 Å². The molecule has 0 radical (unpaired) electrons. The maximum Gasteiger partial charge on any atom is 0.152 e. The van der Waals surface area contributed by atoms with E-state index in [1.807, 2.05) is 0 Å². The molecule has 0 saturated carbocycles. The van der Waals surface area contributed by atoms with Gasteiger partial charge in [0.15, 0.2) is 6.07 Å². The standard InChI is InChI=1S/C9H7N3/c10-5-1-2-7-3-4-8(11)9(12)6-7/h3-4,6H,11-12H2. The summed E-state index contributed by atoms with van der Waals surface area (Å²) in [6.07, 6.45) is 0. The Labute approximate surface area is 70.6 Å². The van der Waals surface area contributed by atoms with Gasteiger partial charge in [-0.05, 0) is 18.2 Å². The maximum atomic E-state index is 8.17. The lowest BCUT2D eigenvalue weighted by Crippen LogP contribution is -1.94. The molecule has 0 spiro atoms. The molecule has 3 heteroatoms. The molecule has 0 aromatic heterocycles. The quantitative estimate of drug-likeness (QED) is 0.430. The molecule has 0 aliphatic heterocycles. The summed E-state index contributed by atoms with van der Waals surface area (Å²) < 4.78 is 0. The third-order valence-electron chi connectivity index (χ3n) is 1.35. The predicted octanol–water partition coefficient (Wildman–Crippen LogP) is 0.726. The van der Waals surface area contributed by atoms with Crippen LogP contribution in [0.15, 0.2) is 18.2 Å². The van der Waals surface area contributed by atoms with E-state index >= 15 is 0 Å². The van der Waals surface area contributed by atoms with Crippen molar-refractivity contribution in [3.8, 4) is 17.9 Å². The van der Waals surface area contributed by atoms with Crippen LogP contribution in [0.5, 0.6) is 0 Å². The lowest BCUT2D eigenvalue weighted by atomic mass is 10.2. The number of hydrogen-bond donors (Lipinski definition) is 2. The van der Waals surface area contributed by atoms with Crippen molar-refractivity contribution in [1.82, 2.24) is 0 Å². The normalized spacial score (nSPS) is 7.92. The molecule has 3 nitrogen and oxygen atoms in total. The van der Waals surface area contributed by atoms with Gasteiger partial charge in [0.05, 0.1) is 11.4 Å². The summed E-state index contributed by atoms with van der Waals surface area (Å²) in [5, 5.41) is 8.17. The van der Waals surface area contributed by atoms with Crippen molar-refractivity contribution in [3.63, 3.8) is 0 Å². The van der Waals surface area contributed by atoms with Crippen LogP contribution in [0.25, 0.3) is 0 Å². The van der Waals surface area contributed by atoms with Gasteiger partial charge >= 0.3 is 0 Å². The van der Waals surface area contributed by atoms with Gasteiger partial charge in [0.25, 0.3) is 0 Å². The minimum atomic E-state index is 0.486. The van der Waals surface area contributed by atoms with E-state index in [0.29, 0.717) is 16.9 Å². The van der Waals surface area contributed by atoms with Gasteiger partial charge < -0.3 is 11.5 Å². The molecule has 0 bridgehead atoms. The average molecular weight is 157 g/mol. The van der Waals surface area contributed by atoms with Crippen molar-refractivity contribution in [3.05, 3.63) is 23.8 Å². The van der Waals surface area contributed by atoms with Crippen molar-refractivity contribution >= 4 is 11.4 Å². The number of benzene rings is 1. The van der Waals surface area contributed by atoms with Crippen molar-refractivity contribution in [2.24, 2.45) is 0 Å². The lowest BCUT2D eigenvalue weighted by molar-refractivity contribution is 1.55. The Morgan fingerprint density at radius 3 is 2.50 bits per heavy atom. The van der Waals surface area contributed by atoms with Crippen molar-refractivity contribution in [2.45, 2.75) is 0 Å². The molecule has 12 heavy (non-hydrogen) atoms. The topological polar surface area (TPSA) is 75.8 Å². The minimum Gasteiger partial charge on any atom is -0.397 e. The Hall–Kier alpha value is -2.13. The molecule has 0 fully saturated rings. The van der Waals surface area contributed by atoms with E-state index in [1.54, 1.807) is 24.3 Å². The molecule has 0 unspecified atom stereocenters. The highest BCUT2D eigenvalue weighted by atomic mass is 14.7. The molecule has 1 aromatic carbocycles. The summed E-state index contributed by atoms with van der Waals surface area (Å²) in [7, 11) is 0. The first kappa shape index (κ1) is 7.97. The summed E-state index contributed by atoms with van der Waals surface area (Å²) in [6.45, 7) is 0. The molecular weight excluding hydrogens is 150 g/mol. The van der Waals surface area contributed by atoms with E-state index < -0.39 is 0 Å². The van der Waals surface area contributed by atoms with E-state index in [4.69, 9.17) is 16.7 Å². The number of hydrogen-bond acceptors (Lipinski definition) is 3. The van der Waals surface area contributed by atoms with Crippen LogP contribution in [-0.4, -0.2) is 0 Å². The second-order valence-electron chi connectivity index (χ2n) is 2.21. The number of rotatable bonds is 0. The molecule has 58 valence electrons. The second-order valence-corrected chi connectivity index (χ2v) is 2.21. The SMILES string of the molecule is N#CC#Cc1ccc(N)c(N)c1. The van der Waals surface area contributed by atoms with Gasteiger partial charge in [0.2, 0.25) is 0 Å². The van der Waals surface area contributed by atoms with E-state index in [9.17, 15) is 0 Å². The third kappa shape index (κ3) is 1.68. The highest BCUT2D eigenvalue weighted by Gasteiger charge is 1.93. The molecule has 1 aromatic rings. The number of nitrogens with zero attached hydrogens (tertiary/aromatic N) is 1. The third-order valence-corrected chi connectivity index (χ3v) is 1.35. The second kappa shape index (κ2) is 3.32. The summed E-state index contributed by atoms with van der Waals surface area (Å²) in [4.78, 5) is 0. The summed E-state index contributed by atoms with van der Waals surface area (Å²) in [6, 6.07) is 6.74. The summed E-state index contributed by atoms with van der Waals surface area (Å²) >= 11 is 0. The van der Waals surface area contributed by atoms with Gasteiger partial charge in [-0.1, -0.05) is 5.92 Å². The van der Waals surface area contributed by atoms with Gasteiger partial charge in [-0.15, -0.1) is 0 Å². The molecule has 0 heterocycles. The fourth-order valence-electron chi connectivity index (χ4n) is 0.753. The largest absolute Gasteiger partial charge is 0.397 e. The van der Waals surface area contributed by atoms with Crippen LogP contribution in [0.3, 0.4) is 0 Å². The van der Waals surface area contributed by atoms with E-state index in [-0.39, 0.29) is 0 Å². The molecular formula is C9H7N3. The molecule has 0 aliphatic rings. The number of nitrogen functional groups attached to an aromatic ring is 2. The Morgan fingerprint density at radius 1 is 1.17 bits per heavy atom. The smallest absolute Gasteiger partial charge is 0.152 e. The fourth-order valence-corrected chi connectivity index (χ4v) is 0.753. The van der Waals surface area contributed by atoms with Crippen molar-refractivity contribution in [1.29, 1.82) is 5.26 Å². The number of anilines is 2. The molecule has 0 atom stereocenters. The zero-order valence-corrected chi connectivity index (χ0v) is 6.33. The molecule has 4 N–H and O–H groups in total. The highest BCUT2D eigenvalue weighted by molar-refractivity contribution is 5.65. The summed E-state index contributed by atoms with van der Waals surface area (Å²) in [5.74, 6) is 4.89. The zero-order chi connectivity index (χ0) is 8.97. The number of nitrogens with two attached hydrogens (primary N) is 2. The molecule has 0 aliphatic carbocycles. The molecule has 1 rings (SSSR count). The van der Waals surface area contributed by atoms with Gasteiger partial charge in [-0.2, -0.15) is 5.26 Å². The van der Waals surface area contributed by atoms with E-state index in [1.165, 1.54) is 0 Å². The Morgan fingerprint density at radius 2 is 1.92 bits per heavy atom. The predicted molar refractivity (Wildman–Crippen MR) is 47.8 cm³/mol. The first-order chi connectivity index (χ1) is 5.74. The van der Waals surface area contributed by atoms with E-state index in [0.717, 1.165) is 0 Å². The zero-order valence-electron chi connectivity index (χ0n) is 6.33. The van der Waals surface area contributed by atoms with Gasteiger partial charge in [-0.3, -0.25) is 0 Å². The minimum absolute atomic E-state index is 0.486. The molecule has 0 amide bonds. The van der Waals surface area contributed by atoms with Crippen LogP contribution in [0.4, 0.5) is 11.4 Å². The number of nitriles is 1. The first-order valence-corrected chi connectivity index (χ1v) is 3.29. The monoisotopic (exact) mass is 157 g/mol. The van der Waals surface area contributed by atoms with Crippen LogP contribution in [-0.2, 0) is 0 Å². The van der Waals surface area contributed by atoms with Crippen LogP contribution >= 0.6 is 0 Å². The Balaban J connectivity index is 3.07. The van der Waals surface area contributed by atoms with E-state index in [2.05, 4.69) is 11.8 Å². The Kier molecular flexibility index (Phi) is 2.20. The Bertz CT molecular complexity index is 390. The van der Waals surface area contributed by atoms with Crippen LogP contribution in [0.1, 0.15) is 5.56 Å². The van der Waals surface area contributed by atoms with Crippen LogP contribution < -0.4 is 11.5 Å².